The fourth-order valence-corrected chi connectivity index (χ4v) is 1.05. The Balaban J connectivity index is 3.69. The Morgan fingerprint density at radius 3 is 2.43 bits per heavy atom. The first-order chi connectivity index (χ1) is 6.43. The summed E-state index contributed by atoms with van der Waals surface area (Å²) < 4.78 is 0. The van der Waals surface area contributed by atoms with Crippen molar-refractivity contribution in [2.24, 2.45) is 5.73 Å². The van der Waals surface area contributed by atoms with Crippen molar-refractivity contribution in [1.82, 2.24) is 0 Å². The molecule has 0 radical (unpaired) electrons. The van der Waals surface area contributed by atoms with E-state index in [0.717, 1.165) is 12.1 Å². The van der Waals surface area contributed by atoms with Crippen LogP contribution in [-0.2, 0) is 0 Å². The van der Waals surface area contributed by atoms with Crippen LogP contribution in [0.3, 0.4) is 0 Å². The van der Waals surface area contributed by atoms with Crippen LogP contribution in [0.15, 0.2) is 16.9 Å². The molecule has 4 N–H and O–H groups in total. The van der Waals surface area contributed by atoms with Crippen molar-refractivity contribution in [3.05, 3.63) is 33.5 Å². The molecule has 0 aliphatic heterocycles. The number of primary amides is 1. The van der Waals surface area contributed by atoms with Gasteiger partial charge in [0, 0.05) is 5.56 Å². The Kier molecular flexibility index (Phi) is 2.42. The molecule has 0 bridgehead atoms. The van der Waals surface area contributed by atoms with E-state index in [1.54, 1.807) is 0 Å². The monoisotopic (exact) mass is 195 g/mol. The predicted molar refractivity (Wildman–Crippen MR) is 49.3 cm³/mol. The summed E-state index contributed by atoms with van der Waals surface area (Å²) in [4.78, 5) is 21.9. The van der Waals surface area contributed by atoms with Crippen molar-refractivity contribution in [3.8, 4) is 11.5 Å². The molecule has 0 spiro atoms. The van der Waals surface area contributed by atoms with E-state index in [1.165, 1.54) is 6.92 Å². The number of carbonyl (C=O) groups excluding carboxylic acids is 1. The Labute approximate surface area is 79.4 Å². The van der Waals surface area contributed by atoms with Gasteiger partial charge in [0.1, 0.15) is 0 Å². The number of amides is 1. The number of hydrogen-bond acceptors (Lipinski definition) is 4. The fraction of sp³-hybridized carbons (Fsp3) is 0.111. The highest BCUT2D eigenvalue weighted by molar-refractivity contribution is 5.94. The summed E-state index contributed by atoms with van der Waals surface area (Å²) in [5, 5.41) is 18.2. The Morgan fingerprint density at radius 1 is 1.36 bits per heavy atom. The van der Waals surface area contributed by atoms with Gasteiger partial charge in [-0.3, -0.25) is 9.59 Å². The van der Waals surface area contributed by atoms with Crippen molar-refractivity contribution < 1.29 is 15.0 Å². The molecule has 1 aromatic carbocycles. The molecule has 0 fully saturated rings. The van der Waals surface area contributed by atoms with Crippen LogP contribution in [0.2, 0.25) is 0 Å². The summed E-state index contributed by atoms with van der Waals surface area (Å²) in [5.74, 6) is -2.22. The van der Waals surface area contributed by atoms with Crippen molar-refractivity contribution in [2.75, 3.05) is 0 Å². The highest BCUT2D eigenvalue weighted by Gasteiger charge is 2.09. The maximum atomic E-state index is 11.1. The fourth-order valence-electron chi connectivity index (χ4n) is 1.05. The first-order valence-electron chi connectivity index (χ1n) is 3.80. The molecular weight excluding hydrogens is 186 g/mol. The minimum absolute atomic E-state index is 0.0000926. The van der Waals surface area contributed by atoms with E-state index in [0.29, 0.717) is 5.56 Å². The van der Waals surface area contributed by atoms with Gasteiger partial charge in [-0.25, -0.2) is 0 Å². The summed E-state index contributed by atoms with van der Waals surface area (Å²) in [6.07, 6.45) is 0. The van der Waals surface area contributed by atoms with Crippen molar-refractivity contribution in [2.45, 2.75) is 6.92 Å². The lowest BCUT2D eigenvalue weighted by molar-refractivity contribution is 0.0999. The second-order valence-electron chi connectivity index (χ2n) is 2.85. The molecule has 5 heteroatoms. The lowest BCUT2D eigenvalue weighted by Gasteiger charge is -1.94. The van der Waals surface area contributed by atoms with Crippen LogP contribution in [0.5, 0.6) is 11.5 Å². The molecule has 0 saturated heterocycles. The molecule has 1 rings (SSSR count). The third-order valence-corrected chi connectivity index (χ3v) is 1.79. The topological polar surface area (TPSA) is 101 Å². The number of rotatable bonds is 1. The van der Waals surface area contributed by atoms with Crippen molar-refractivity contribution in [1.29, 1.82) is 0 Å². The predicted octanol–water partition coefficient (Wildman–Crippen LogP) is -0.135. The summed E-state index contributed by atoms with van der Waals surface area (Å²) in [7, 11) is 0. The van der Waals surface area contributed by atoms with Gasteiger partial charge in [-0.2, -0.15) is 0 Å². The Hall–Kier alpha value is -2.04. The molecule has 0 heterocycles. The smallest absolute Gasteiger partial charge is 0.249 e. The average Bonchev–Trinajstić information content (AvgIpc) is 2.18. The van der Waals surface area contributed by atoms with Gasteiger partial charge in [0.25, 0.3) is 0 Å². The van der Waals surface area contributed by atoms with Gasteiger partial charge in [0.15, 0.2) is 5.75 Å². The van der Waals surface area contributed by atoms with Crippen LogP contribution in [-0.4, -0.2) is 16.1 Å². The van der Waals surface area contributed by atoms with Gasteiger partial charge in [0.05, 0.1) is 0 Å². The minimum Gasteiger partial charge on any atom is -0.504 e. The van der Waals surface area contributed by atoms with Crippen LogP contribution < -0.4 is 11.2 Å². The molecule has 1 aromatic rings. The van der Waals surface area contributed by atoms with Crippen LogP contribution >= 0.6 is 0 Å². The van der Waals surface area contributed by atoms with Gasteiger partial charge in [-0.15, -0.1) is 0 Å². The standard InChI is InChI=1S/C9H9NO4/c1-4-2-6(11)8(13)7(12)3-5(4)9(10)14/h2-3H,1H3,(H2,10,14)(H2,11,12,13). The van der Waals surface area contributed by atoms with Gasteiger partial charge in [0.2, 0.25) is 17.1 Å². The zero-order valence-electron chi connectivity index (χ0n) is 7.44. The molecule has 14 heavy (non-hydrogen) atoms. The second kappa shape index (κ2) is 3.37. The third-order valence-electron chi connectivity index (χ3n) is 1.79. The van der Waals surface area contributed by atoms with Crippen LogP contribution in [0.4, 0.5) is 0 Å². The maximum Gasteiger partial charge on any atom is 0.249 e. The van der Waals surface area contributed by atoms with E-state index in [2.05, 4.69) is 0 Å². The van der Waals surface area contributed by atoms with E-state index >= 15 is 0 Å². The largest absolute Gasteiger partial charge is 0.504 e. The molecular formula is C9H9NO4. The maximum absolute atomic E-state index is 11.1. The average molecular weight is 195 g/mol. The zero-order chi connectivity index (χ0) is 10.9. The van der Waals surface area contributed by atoms with E-state index in [1.807, 2.05) is 0 Å². The minimum atomic E-state index is -0.791. The van der Waals surface area contributed by atoms with Crippen molar-refractivity contribution in [3.63, 3.8) is 0 Å². The molecule has 1 amide bonds. The molecule has 0 atom stereocenters. The SMILES string of the molecule is Cc1cc(=O)c(O)c(O)cc1C(N)=O. The van der Waals surface area contributed by atoms with E-state index in [9.17, 15) is 9.59 Å². The molecule has 5 nitrogen and oxygen atoms in total. The number of aromatic hydroxyl groups is 2. The number of hydrogen-bond donors (Lipinski definition) is 3. The van der Waals surface area contributed by atoms with E-state index < -0.39 is 22.8 Å². The molecule has 0 aliphatic carbocycles. The van der Waals surface area contributed by atoms with Gasteiger partial charge < -0.3 is 15.9 Å². The quantitative estimate of drug-likeness (QED) is 0.580. The summed E-state index contributed by atoms with van der Waals surface area (Å²) in [6.45, 7) is 1.49. The van der Waals surface area contributed by atoms with Crippen LogP contribution in [0.1, 0.15) is 15.9 Å². The molecule has 0 saturated carbocycles. The third kappa shape index (κ3) is 1.66. The number of carbonyl (C=O) groups is 1. The normalized spacial score (nSPS) is 9.79. The first kappa shape index (κ1) is 10.0. The van der Waals surface area contributed by atoms with E-state index in [4.69, 9.17) is 15.9 Å². The van der Waals surface area contributed by atoms with Crippen molar-refractivity contribution >= 4 is 5.91 Å². The Morgan fingerprint density at radius 2 is 1.93 bits per heavy atom. The van der Waals surface area contributed by atoms with Gasteiger partial charge >= 0.3 is 0 Å². The molecule has 0 unspecified atom stereocenters. The van der Waals surface area contributed by atoms with Crippen LogP contribution in [0, 0.1) is 6.92 Å². The van der Waals surface area contributed by atoms with Crippen LogP contribution in [0.25, 0.3) is 0 Å². The highest BCUT2D eigenvalue weighted by Crippen LogP contribution is 2.20. The van der Waals surface area contributed by atoms with Gasteiger partial charge in [-0.1, -0.05) is 0 Å². The Bertz CT molecular complexity index is 453. The lowest BCUT2D eigenvalue weighted by atomic mass is 10.1. The highest BCUT2D eigenvalue weighted by atomic mass is 16.3. The number of nitrogens with two attached hydrogens (primary N) is 1. The molecule has 74 valence electrons. The second-order valence-corrected chi connectivity index (χ2v) is 2.85. The van der Waals surface area contributed by atoms with Gasteiger partial charge in [-0.05, 0) is 24.6 Å². The zero-order valence-corrected chi connectivity index (χ0v) is 7.44. The first-order valence-corrected chi connectivity index (χ1v) is 3.80. The molecule has 0 aliphatic rings. The summed E-state index contributed by atoms with van der Waals surface area (Å²) in [5.41, 5.74) is 4.55. The summed E-state index contributed by atoms with van der Waals surface area (Å²) >= 11 is 0. The van der Waals surface area contributed by atoms with E-state index in [-0.39, 0.29) is 5.56 Å². The lowest BCUT2D eigenvalue weighted by Crippen LogP contribution is -2.11. The summed E-state index contributed by atoms with van der Waals surface area (Å²) in [6, 6.07) is 2.00. The number of aryl methyl sites for hydroxylation is 1. The molecule has 0 aromatic heterocycles.